The molecule has 1 N–H and O–H groups in total. The summed E-state index contributed by atoms with van der Waals surface area (Å²) in [6.45, 7) is 3.68. The van der Waals surface area contributed by atoms with E-state index in [9.17, 15) is 9.59 Å². The molecule has 1 aromatic heterocycles. The van der Waals surface area contributed by atoms with Crippen LogP contribution in [0.5, 0.6) is 0 Å². The molecule has 1 aromatic carbocycles. The summed E-state index contributed by atoms with van der Waals surface area (Å²) in [5.74, 6) is 0.107. The van der Waals surface area contributed by atoms with Crippen LogP contribution in [0, 0.1) is 0 Å². The standard InChI is InChI=1S/C18H20N4O3/c1-2-25-18(24)13-5-7-14(8-6-13)19-16-10-9-15(20-21-16)17(23)22-11-3-4-12-22/h5-10H,2-4,11-12H2,1H3,(H,19,21). The van der Waals surface area contributed by atoms with E-state index < -0.39 is 0 Å². The fraction of sp³-hybridized carbons (Fsp3) is 0.333. The van der Waals surface area contributed by atoms with Crippen LogP contribution in [0.15, 0.2) is 36.4 Å². The predicted octanol–water partition coefficient (Wildman–Crippen LogP) is 2.63. The first-order valence-electron chi connectivity index (χ1n) is 8.34. The fourth-order valence-corrected chi connectivity index (χ4v) is 2.65. The van der Waals surface area contributed by atoms with E-state index in [1.165, 1.54) is 0 Å². The third-order valence-corrected chi connectivity index (χ3v) is 3.95. The fourth-order valence-electron chi connectivity index (χ4n) is 2.65. The van der Waals surface area contributed by atoms with Crippen LogP contribution < -0.4 is 5.32 Å². The Labute approximate surface area is 146 Å². The molecule has 0 saturated carbocycles. The van der Waals surface area contributed by atoms with E-state index in [2.05, 4.69) is 15.5 Å². The maximum atomic E-state index is 12.2. The maximum absolute atomic E-state index is 12.2. The van der Waals surface area contributed by atoms with Gasteiger partial charge in [0.05, 0.1) is 12.2 Å². The molecule has 1 saturated heterocycles. The Kier molecular flexibility index (Phi) is 5.23. The zero-order valence-corrected chi connectivity index (χ0v) is 14.1. The van der Waals surface area contributed by atoms with Crippen LogP contribution in [0.1, 0.15) is 40.6 Å². The summed E-state index contributed by atoms with van der Waals surface area (Å²) >= 11 is 0. The first-order chi connectivity index (χ1) is 12.2. The van der Waals surface area contributed by atoms with Crippen LogP contribution in [0.2, 0.25) is 0 Å². The van der Waals surface area contributed by atoms with Gasteiger partial charge in [-0.15, -0.1) is 10.2 Å². The van der Waals surface area contributed by atoms with Gasteiger partial charge in [-0.2, -0.15) is 0 Å². The van der Waals surface area contributed by atoms with Gasteiger partial charge in [-0.05, 0) is 56.2 Å². The minimum absolute atomic E-state index is 0.0738. The summed E-state index contributed by atoms with van der Waals surface area (Å²) in [4.78, 5) is 25.7. The molecule has 0 bridgehead atoms. The van der Waals surface area contributed by atoms with Gasteiger partial charge in [0.2, 0.25) is 0 Å². The number of anilines is 2. The van der Waals surface area contributed by atoms with E-state index in [4.69, 9.17) is 4.74 Å². The topological polar surface area (TPSA) is 84.4 Å². The summed E-state index contributed by atoms with van der Waals surface area (Å²) < 4.78 is 4.95. The number of rotatable bonds is 5. The molecule has 1 aliphatic heterocycles. The molecule has 1 amide bonds. The number of amides is 1. The molecule has 1 aliphatic rings. The van der Waals surface area contributed by atoms with Gasteiger partial charge in [0.25, 0.3) is 5.91 Å². The summed E-state index contributed by atoms with van der Waals surface area (Å²) in [5, 5.41) is 11.2. The van der Waals surface area contributed by atoms with Crippen molar-refractivity contribution < 1.29 is 14.3 Å². The van der Waals surface area contributed by atoms with Crippen LogP contribution in [0.3, 0.4) is 0 Å². The predicted molar refractivity (Wildman–Crippen MR) is 92.9 cm³/mol. The van der Waals surface area contributed by atoms with Gasteiger partial charge in [-0.3, -0.25) is 4.79 Å². The minimum atomic E-state index is -0.349. The quantitative estimate of drug-likeness (QED) is 0.842. The molecule has 0 aliphatic carbocycles. The largest absolute Gasteiger partial charge is 0.462 e. The monoisotopic (exact) mass is 340 g/mol. The van der Waals surface area contributed by atoms with E-state index in [1.54, 1.807) is 48.2 Å². The highest BCUT2D eigenvalue weighted by Gasteiger charge is 2.20. The van der Waals surface area contributed by atoms with Crippen LogP contribution >= 0.6 is 0 Å². The Balaban J connectivity index is 1.63. The number of esters is 1. The summed E-state index contributed by atoms with van der Waals surface area (Å²) in [5.41, 5.74) is 1.61. The lowest BCUT2D eigenvalue weighted by Crippen LogP contribution is -2.28. The zero-order valence-electron chi connectivity index (χ0n) is 14.1. The normalized spacial score (nSPS) is 13.6. The highest BCUT2D eigenvalue weighted by atomic mass is 16.5. The van der Waals surface area contributed by atoms with E-state index in [-0.39, 0.29) is 11.9 Å². The van der Waals surface area contributed by atoms with E-state index in [0.29, 0.717) is 23.7 Å². The average Bonchev–Trinajstić information content (AvgIpc) is 3.17. The summed E-state index contributed by atoms with van der Waals surface area (Å²) in [6, 6.07) is 10.3. The molecule has 3 rings (SSSR count). The van der Waals surface area contributed by atoms with Crippen molar-refractivity contribution in [2.24, 2.45) is 0 Å². The molecule has 7 nitrogen and oxygen atoms in total. The maximum Gasteiger partial charge on any atom is 0.338 e. The van der Waals surface area contributed by atoms with Crippen LogP contribution in [0.4, 0.5) is 11.5 Å². The number of nitrogens with zero attached hydrogens (tertiary/aromatic N) is 3. The average molecular weight is 340 g/mol. The van der Waals surface area contributed by atoms with E-state index in [1.807, 2.05) is 0 Å². The highest BCUT2D eigenvalue weighted by molar-refractivity contribution is 5.92. The number of benzene rings is 1. The lowest BCUT2D eigenvalue weighted by Gasteiger charge is -2.14. The lowest BCUT2D eigenvalue weighted by molar-refractivity contribution is 0.0526. The van der Waals surface area contributed by atoms with Gasteiger partial charge in [0.15, 0.2) is 11.5 Å². The van der Waals surface area contributed by atoms with Crippen molar-refractivity contribution in [3.63, 3.8) is 0 Å². The molecule has 0 radical (unpaired) electrons. The van der Waals surface area contributed by atoms with Crippen molar-refractivity contribution in [1.82, 2.24) is 15.1 Å². The Hall–Kier alpha value is -2.96. The Morgan fingerprint density at radius 2 is 1.80 bits per heavy atom. The van der Waals surface area contributed by atoms with Crippen LogP contribution in [-0.2, 0) is 4.74 Å². The third kappa shape index (κ3) is 4.12. The van der Waals surface area contributed by atoms with Gasteiger partial charge >= 0.3 is 5.97 Å². The number of hydrogen-bond donors (Lipinski definition) is 1. The van der Waals surface area contributed by atoms with Gasteiger partial charge < -0.3 is 15.0 Å². The van der Waals surface area contributed by atoms with E-state index in [0.717, 1.165) is 31.6 Å². The summed E-state index contributed by atoms with van der Waals surface area (Å²) in [7, 11) is 0. The van der Waals surface area contributed by atoms with Gasteiger partial charge in [-0.25, -0.2) is 4.79 Å². The van der Waals surface area contributed by atoms with Gasteiger partial charge in [0.1, 0.15) is 0 Å². The number of carbonyl (C=O) groups is 2. The Bertz CT molecular complexity index is 738. The molecular weight excluding hydrogens is 320 g/mol. The zero-order chi connectivity index (χ0) is 17.6. The van der Waals surface area contributed by atoms with Crippen molar-refractivity contribution in [3.05, 3.63) is 47.7 Å². The van der Waals surface area contributed by atoms with E-state index >= 15 is 0 Å². The number of carbonyl (C=O) groups excluding carboxylic acids is 2. The molecule has 130 valence electrons. The molecule has 7 heteroatoms. The number of aromatic nitrogens is 2. The van der Waals surface area contributed by atoms with Gasteiger partial charge in [-0.1, -0.05) is 0 Å². The second kappa shape index (κ2) is 7.74. The molecule has 0 spiro atoms. The number of ether oxygens (including phenoxy) is 1. The Morgan fingerprint density at radius 1 is 1.08 bits per heavy atom. The highest BCUT2D eigenvalue weighted by Crippen LogP contribution is 2.16. The first kappa shape index (κ1) is 16.9. The molecule has 2 heterocycles. The molecular formula is C18H20N4O3. The smallest absolute Gasteiger partial charge is 0.338 e. The van der Waals surface area contributed by atoms with Crippen molar-refractivity contribution in [1.29, 1.82) is 0 Å². The molecule has 25 heavy (non-hydrogen) atoms. The molecule has 0 unspecified atom stereocenters. The minimum Gasteiger partial charge on any atom is -0.462 e. The second-order valence-corrected chi connectivity index (χ2v) is 5.73. The number of hydrogen-bond acceptors (Lipinski definition) is 6. The number of nitrogens with one attached hydrogen (secondary N) is 1. The first-order valence-corrected chi connectivity index (χ1v) is 8.34. The SMILES string of the molecule is CCOC(=O)c1ccc(Nc2ccc(C(=O)N3CCCC3)nn2)cc1. The van der Waals surface area contributed by atoms with Crippen molar-refractivity contribution in [2.75, 3.05) is 25.0 Å². The third-order valence-electron chi connectivity index (χ3n) is 3.95. The number of likely N-dealkylation sites (tertiary alicyclic amines) is 1. The molecule has 0 atom stereocenters. The molecule has 2 aromatic rings. The van der Waals surface area contributed by atoms with Crippen molar-refractivity contribution in [3.8, 4) is 0 Å². The van der Waals surface area contributed by atoms with Crippen molar-refractivity contribution in [2.45, 2.75) is 19.8 Å². The van der Waals surface area contributed by atoms with Gasteiger partial charge in [0, 0.05) is 18.8 Å². The Morgan fingerprint density at radius 3 is 2.40 bits per heavy atom. The molecule has 1 fully saturated rings. The van der Waals surface area contributed by atoms with Crippen molar-refractivity contribution >= 4 is 23.4 Å². The second-order valence-electron chi connectivity index (χ2n) is 5.73. The van der Waals surface area contributed by atoms with Crippen LogP contribution in [-0.4, -0.2) is 46.7 Å². The lowest BCUT2D eigenvalue weighted by atomic mass is 10.2. The summed E-state index contributed by atoms with van der Waals surface area (Å²) in [6.07, 6.45) is 2.08. The van der Waals surface area contributed by atoms with Crippen LogP contribution in [0.25, 0.3) is 0 Å².